The largest absolute Gasteiger partial charge is 0.468 e. The summed E-state index contributed by atoms with van der Waals surface area (Å²) >= 11 is 1.73. The lowest BCUT2D eigenvalue weighted by Crippen LogP contribution is -2.43. The van der Waals surface area contributed by atoms with Gasteiger partial charge in [-0.1, -0.05) is 12.1 Å². The maximum absolute atomic E-state index is 12.9. The number of benzene rings is 1. The molecule has 1 fully saturated rings. The summed E-state index contributed by atoms with van der Waals surface area (Å²) in [6, 6.07) is 12.3. The Kier molecular flexibility index (Phi) is 6.21. The number of thioether (sulfide) groups is 1. The predicted molar refractivity (Wildman–Crippen MR) is 101 cm³/mol. The monoisotopic (exact) mass is 358 g/mol. The molecule has 2 heterocycles. The van der Waals surface area contributed by atoms with Gasteiger partial charge in [0, 0.05) is 25.0 Å². The highest BCUT2D eigenvalue weighted by molar-refractivity contribution is 7.98. The molecule has 0 spiro atoms. The fourth-order valence-corrected chi connectivity index (χ4v) is 3.94. The Hall–Kier alpha value is -1.72. The molecule has 1 atom stereocenters. The fourth-order valence-electron chi connectivity index (χ4n) is 3.46. The van der Waals surface area contributed by atoms with Crippen LogP contribution in [0.3, 0.4) is 0 Å². The van der Waals surface area contributed by atoms with Crippen molar-refractivity contribution >= 4 is 17.7 Å². The van der Waals surface area contributed by atoms with Crippen LogP contribution in [0.2, 0.25) is 0 Å². The Morgan fingerprint density at radius 1 is 1.36 bits per heavy atom. The molecule has 0 radical (unpaired) electrons. The average molecular weight is 359 g/mol. The van der Waals surface area contributed by atoms with Crippen LogP contribution in [0.15, 0.2) is 52.0 Å². The van der Waals surface area contributed by atoms with Crippen LogP contribution in [-0.4, -0.2) is 42.1 Å². The van der Waals surface area contributed by atoms with Gasteiger partial charge in [-0.2, -0.15) is 0 Å². The molecule has 1 aliphatic rings. The van der Waals surface area contributed by atoms with E-state index in [9.17, 15) is 4.79 Å². The Bertz CT molecular complexity index is 687. The first-order chi connectivity index (χ1) is 12.2. The number of carbonyl (C=O) groups is 1. The molecular formula is C20H26N2O2S. The molecule has 0 saturated carbocycles. The normalized spacial score (nSPS) is 18.2. The van der Waals surface area contributed by atoms with Crippen LogP contribution in [0.5, 0.6) is 0 Å². The molecule has 5 heteroatoms. The lowest BCUT2D eigenvalue weighted by molar-refractivity contribution is -0.136. The van der Waals surface area contributed by atoms with Gasteiger partial charge in [-0.3, -0.25) is 9.69 Å². The number of amides is 1. The quantitative estimate of drug-likeness (QED) is 0.735. The molecule has 0 N–H and O–H groups in total. The Morgan fingerprint density at radius 3 is 3.00 bits per heavy atom. The third-order valence-corrected chi connectivity index (χ3v) is 5.47. The van der Waals surface area contributed by atoms with Crippen molar-refractivity contribution < 1.29 is 9.21 Å². The van der Waals surface area contributed by atoms with Crippen molar-refractivity contribution in [3.63, 3.8) is 0 Å². The minimum atomic E-state index is 0.0810. The third kappa shape index (κ3) is 4.89. The second kappa shape index (κ2) is 8.59. The van der Waals surface area contributed by atoms with Crippen molar-refractivity contribution in [1.29, 1.82) is 0 Å². The van der Waals surface area contributed by atoms with Crippen molar-refractivity contribution in [1.82, 2.24) is 9.80 Å². The van der Waals surface area contributed by atoms with Gasteiger partial charge in [0.05, 0.1) is 18.7 Å². The molecule has 1 saturated heterocycles. The predicted octanol–water partition coefficient (Wildman–Crippen LogP) is 3.87. The standard InChI is InChI=1S/C20H26N2O2S/c1-21(13-16-6-3-9-19(12-16)25-2)20(23)17-7-4-10-22(14-17)15-18-8-5-11-24-18/h3,5-6,8-9,11-12,17H,4,7,10,13-15H2,1-2H3. The number of hydrogen-bond acceptors (Lipinski definition) is 4. The Labute approximate surface area is 154 Å². The number of carbonyl (C=O) groups excluding carboxylic acids is 1. The Balaban J connectivity index is 1.57. The van der Waals surface area contributed by atoms with Gasteiger partial charge in [-0.05, 0) is 55.5 Å². The summed E-state index contributed by atoms with van der Waals surface area (Å²) in [7, 11) is 1.92. The second-order valence-electron chi connectivity index (χ2n) is 6.70. The van der Waals surface area contributed by atoms with E-state index in [1.54, 1.807) is 18.0 Å². The molecule has 2 aromatic rings. The average Bonchev–Trinajstić information content (AvgIpc) is 3.14. The maximum atomic E-state index is 12.9. The van der Waals surface area contributed by atoms with Crippen molar-refractivity contribution in [3.05, 3.63) is 54.0 Å². The van der Waals surface area contributed by atoms with E-state index < -0.39 is 0 Å². The lowest BCUT2D eigenvalue weighted by atomic mass is 9.96. The smallest absolute Gasteiger partial charge is 0.227 e. The summed E-state index contributed by atoms with van der Waals surface area (Å²) in [6.45, 7) is 3.30. The summed E-state index contributed by atoms with van der Waals surface area (Å²) < 4.78 is 5.44. The number of piperidine rings is 1. The summed E-state index contributed by atoms with van der Waals surface area (Å²) in [4.78, 5) is 18.3. The van der Waals surface area contributed by atoms with Gasteiger partial charge in [-0.25, -0.2) is 0 Å². The zero-order valence-electron chi connectivity index (χ0n) is 15.0. The molecule has 0 bridgehead atoms. The Morgan fingerprint density at radius 2 is 2.24 bits per heavy atom. The molecule has 1 aromatic carbocycles. The maximum Gasteiger partial charge on any atom is 0.227 e. The van der Waals surface area contributed by atoms with Gasteiger partial charge < -0.3 is 9.32 Å². The van der Waals surface area contributed by atoms with E-state index in [4.69, 9.17) is 4.42 Å². The number of nitrogens with zero attached hydrogens (tertiary/aromatic N) is 2. The molecule has 1 aromatic heterocycles. The van der Waals surface area contributed by atoms with Crippen molar-refractivity contribution in [2.45, 2.75) is 30.8 Å². The van der Waals surface area contributed by atoms with E-state index in [1.807, 2.05) is 24.1 Å². The van der Waals surface area contributed by atoms with Crippen LogP contribution in [0.4, 0.5) is 0 Å². The van der Waals surface area contributed by atoms with Crippen LogP contribution in [-0.2, 0) is 17.9 Å². The van der Waals surface area contributed by atoms with E-state index in [2.05, 4.69) is 35.4 Å². The van der Waals surface area contributed by atoms with E-state index >= 15 is 0 Å². The third-order valence-electron chi connectivity index (χ3n) is 4.74. The first kappa shape index (κ1) is 18.1. The highest BCUT2D eigenvalue weighted by atomic mass is 32.2. The van der Waals surface area contributed by atoms with Crippen LogP contribution < -0.4 is 0 Å². The molecule has 3 rings (SSSR count). The van der Waals surface area contributed by atoms with Crippen LogP contribution >= 0.6 is 11.8 Å². The summed E-state index contributed by atoms with van der Waals surface area (Å²) in [6.07, 6.45) is 5.82. The number of furan rings is 1. The summed E-state index contributed by atoms with van der Waals surface area (Å²) in [5.74, 6) is 1.30. The molecule has 25 heavy (non-hydrogen) atoms. The fraction of sp³-hybridized carbons (Fsp3) is 0.450. The molecule has 4 nitrogen and oxygen atoms in total. The van der Waals surface area contributed by atoms with Crippen molar-refractivity contribution in [2.75, 3.05) is 26.4 Å². The molecule has 0 aliphatic carbocycles. The number of likely N-dealkylation sites (tertiary alicyclic amines) is 1. The van der Waals surface area contributed by atoms with Gasteiger partial charge in [0.15, 0.2) is 0 Å². The van der Waals surface area contributed by atoms with Crippen molar-refractivity contribution in [3.8, 4) is 0 Å². The first-order valence-corrected chi connectivity index (χ1v) is 10.0. The molecule has 134 valence electrons. The van der Waals surface area contributed by atoms with E-state index in [0.29, 0.717) is 6.54 Å². The zero-order chi connectivity index (χ0) is 17.6. The van der Waals surface area contributed by atoms with Crippen LogP contribution in [0.25, 0.3) is 0 Å². The number of rotatable bonds is 6. The topological polar surface area (TPSA) is 36.7 Å². The molecular weight excluding hydrogens is 332 g/mol. The van der Waals surface area contributed by atoms with Crippen molar-refractivity contribution in [2.24, 2.45) is 5.92 Å². The molecule has 1 amide bonds. The minimum Gasteiger partial charge on any atom is -0.468 e. The van der Waals surface area contributed by atoms with E-state index in [0.717, 1.165) is 38.2 Å². The SMILES string of the molecule is CSc1cccc(CN(C)C(=O)C2CCCN(Cc3ccco3)C2)c1. The van der Waals surface area contributed by atoms with Crippen LogP contribution in [0.1, 0.15) is 24.2 Å². The van der Waals surface area contributed by atoms with Crippen LogP contribution in [0, 0.1) is 5.92 Å². The van der Waals surface area contributed by atoms with E-state index in [1.165, 1.54) is 10.5 Å². The molecule has 1 aliphatic heterocycles. The van der Waals surface area contributed by atoms with Gasteiger partial charge in [0.25, 0.3) is 0 Å². The highest BCUT2D eigenvalue weighted by Crippen LogP contribution is 2.22. The lowest BCUT2D eigenvalue weighted by Gasteiger charge is -2.33. The van der Waals surface area contributed by atoms with Gasteiger partial charge in [0.1, 0.15) is 5.76 Å². The second-order valence-corrected chi connectivity index (χ2v) is 7.58. The summed E-state index contributed by atoms with van der Waals surface area (Å²) in [5, 5.41) is 0. The highest BCUT2D eigenvalue weighted by Gasteiger charge is 2.28. The van der Waals surface area contributed by atoms with Gasteiger partial charge >= 0.3 is 0 Å². The van der Waals surface area contributed by atoms with E-state index in [-0.39, 0.29) is 11.8 Å². The zero-order valence-corrected chi connectivity index (χ0v) is 15.8. The summed E-state index contributed by atoms with van der Waals surface area (Å²) in [5.41, 5.74) is 1.19. The van der Waals surface area contributed by atoms with Gasteiger partial charge in [0.2, 0.25) is 5.91 Å². The van der Waals surface area contributed by atoms with Gasteiger partial charge in [-0.15, -0.1) is 11.8 Å². The minimum absolute atomic E-state index is 0.0810. The number of hydrogen-bond donors (Lipinski definition) is 0. The molecule has 1 unspecified atom stereocenters. The first-order valence-electron chi connectivity index (χ1n) is 8.78.